The third-order valence-corrected chi connectivity index (χ3v) is 9.16. The minimum absolute atomic E-state index is 0.0159. The van der Waals surface area contributed by atoms with Crippen LogP contribution in [0.15, 0.2) is 36.4 Å². The van der Waals surface area contributed by atoms with Gasteiger partial charge >= 0.3 is 18.1 Å². The molecule has 4 heterocycles. The zero-order chi connectivity index (χ0) is 40.8. The molecule has 13 nitrogen and oxygen atoms in total. The standard InChI is InChI=1S/C33H38F4N2O9.C2HF3O2/c1-32(2)45-28-24(16-8-6-14(34)10-18(16)36)43-26(30(28)47-32)20(38)12-22(40)39-21(13-23(41)42-5)27-31-29(46-33(3,4)48-31)25(44-27)17-9-7-15(35)11-19(17)37;3-2(4,5)1(6)7/h6-11,20-21,24-31H,12-13,38H2,1-5H3,(H,39,40);(H,6,7)/t20-,21+,24-,25-,26+,27+,28+,29+,30-,31-;/m0./s1. The van der Waals surface area contributed by atoms with Gasteiger partial charge in [-0.05, 0) is 39.8 Å². The van der Waals surface area contributed by atoms with E-state index in [0.717, 1.165) is 24.3 Å². The maximum absolute atomic E-state index is 14.9. The molecule has 0 aliphatic carbocycles. The van der Waals surface area contributed by atoms with E-state index in [1.165, 1.54) is 19.2 Å². The highest BCUT2D eigenvalue weighted by atomic mass is 19.4. The fourth-order valence-corrected chi connectivity index (χ4v) is 7.00. The first-order valence-corrected chi connectivity index (χ1v) is 16.8. The number of fused-ring (bicyclic) bond motifs is 2. The van der Waals surface area contributed by atoms with Crippen molar-refractivity contribution >= 4 is 17.8 Å². The third kappa shape index (κ3) is 9.55. The molecule has 6 rings (SSSR count). The van der Waals surface area contributed by atoms with Crippen molar-refractivity contribution in [3.8, 4) is 0 Å². The van der Waals surface area contributed by atoms with Crippen molar-refractivity contribution in [3.63, 3.8) is 0 Å². The summed E-state index contributed by atoms with van der Waals surface area (Å²) >= 11 is 0. The molecule has 0 spiro atoms. The van der Waals surface area contributed by atoms with Crippen LogP contribution in [-0.4, -0.2) is 96.5 Å². The zero-order valence-corrected chi connectivity index (χ0v) is 29.9. The maximum Gasteiger partial charge on any atom is 0.490 e. The number of halogens is 7. The molecular weight excluding hydrogens is 757 g/mol. The Morgan fingerprint density at radius 2 is 1.20 bits per heavy atom. The van der Waals surface area contributed by atoms with Gasteiger partial charge in [0.2, 0.25) is 5.91 Å². The smallest absolute Gasteiger partial charge is 0.475 e. The number of ether oxygens (including phenoxy) is 7. The molecule has 4 saturated heterocycles. The van der Waals surface area contributed by atoms with Crippen LogP contribution in [0.5, 0.6) is 0 Å². The Bertz CT molecular complexity index is 1760. The Kier molecular flexibility index (Phi) is 12.2. The van der Waals surface area contributed by atoms with Crippen molar-refractivity contribution in [3.05, 3.63) is 70.8 Å². The first kappa shape index (κ1) is 42.2. The number of carbonyl (C=O) groups is 3. The van der Waals surface area contributed by atoms with Crippen LogP contribution >= 0.6 is 0 Å². The molecule has 20 heteroatoms. The third-order valence-electron chi connectivity index (χ3n) is 9.16. The minimum Gasteiger partial charge on any atom is -0.475 e. The summed E-state index contributed by atoms with van der Waals surface area (Å²) in [6.45, 7) is 6.66. The SMILES string of the molecule is COC(=O)C[C@@H](NC(=O)C[C@H](N)[C@H]1O[C@@H](c2ccc(F)cc2F)[C@H]2OC(C)(C)O[C@@H]12)[C@H]1O[C@@H](c2ccc(F)cc2F)[C@H]2OC(C)(C)O[C@@H]12.O=C(O)C(F)(F)F. The Morgan fingerprint density at radius 3 is 1.62 bits per heavy atom. The van der Waals surface area contributed by atoms with E-state index in [9.17, 15) is 40.3 Å². The van der Waals surface area contributed by atoms with E-state index in [2.05, 4.69) is 5.32 Å². The molecule has 10 atom stereocenters. The average Bonchev–Trinajstić information content (AvgIpc) is 3.76. The van der Waals surface area contributed by atoms with Gasteiger partial charge in [0.05, 0.1) is 19.6 Å². The van der Waals surface area contributed by atoms with Gasteiger partial charge < -0.3 is 49.3 Å². The number of esters is 1. The van der Waals surface area contributed by atoms with Crippen LogP contribution in [0.1, 0.15) is 63.9 Å². The van der Waals surface area contributed by atoms with Crippen LogP contribution < -0.4 is 11.1 Å². The molecule has 4 aliphatic rings. The van der Waals surface area contributed by atoms with Crippen molar-refractivity contribution in [2.24, 2.45) is 5.73 Å². The van der Waals surface area contributed by atoms with Crippen LogP contribution in [0, 0.1) is 23.3 Å². The number of nitrogens with two attached hydrogens (primary N) is 1. The molecule has 0 bridgehead atoms. The normalized spacial score (nSPS) is 30.1. The number of hydrogen-bond acceptors (Lipinski definition) is 11. The number of aliphatic carboxylic acids is 1. The van der Waals surface area contributed by atoms with Crippen LogP contribution in [0.25, 0.3) is 0 Å². The van der Waals surface area contributed by atoms with Gasteiger partial charge in [-0.2, -0.15) is 13.2 Å². The second-order valence-electron chi connectivity index (χ2n) is 14.1. The molecule has 55 heavy (non-hydrogen) atoms. The van der Waals surface area contributed by atoms with Gasteiger partial charge in [0.1, 0.15) is 72.1 Å². The van der Waals surface area contributed by atoms with Gasteiger partial charge in [-0.3, -0.25) is 9.59 Å². The lowest BCUT2D eigenvalue weighted by atomic mass is 9.96. The predicted molar refractivity (Wildman–Crippen MR) is 170 cm³/mol. The first-order valence-electron chi connectivity index (χ1n) is 16.8. The number of carboxylic acid groups (broad SMARTS) is 1. The number of methoxy groups -OCH3 is 1. The fourth-order valence-electron chi connectivity index (χ4n) is 7.00. The molecule has 0 saturated carbocycles. The molecule has 4 aliphatic heterocycles. The lowest BCUT2D eigenvalue weighted by molar-refractivity contribution is -0.193. The largest absolute Gasteiger partial charge is 0.490 e. The summed E-state index contributed by atoms with van der Waals surface area (Å²) in [6.07, 6.45) is -13.1. The number of alkyl halides is 3. The van der Waals surface area contributed by atoms with Gasteiger partial charge in [0, 0.05) is 35.7 Å². The van der Waals surface area contributed by atoms with E-state index < -0.39 is 120 Å². The van der Waals surface area contributed by atoms with E-state index in [1.807, 2.05) is 0 Å². The van der Waals surface area contributed by atoms with Gasteiger partial charge in [-0.25, -0.2) is 22.4 Å². The highest BCUT2D eigenvalue weighted by Crippen LogP contribution is 2.48. The number of benzene rings is 2. The summed E-state index contributed by atoms with van der Waals surface area (Å²) < 4.78 is 130. The molecule has 2 aromatic rings. The average molecular weight is 797 g/mol. The second kappa shape index (κ2) is 15.9. The molecule has 0 unspecified atom stereocenters. The van der Waals surface area contributed by atoms with Gasteiger partial charge in [0.15, 0.2) is 11.6 Å². The van der Waals surface area contributed by atoms with E-state index >= 15 is 0 Å². The summed E-state index contributed by atoms with van der Waals surface area (Å²) in [6, 6.07) is 4.09. The molecule has 4 fully saturated rings. The topological polar surface area (TPSA) is 174 Å². The molecule has 0 aromatic heterocycles. The van der Waals surface area contributed by atoms with Crippen molar-refractivity contribution in [1.29, 1.82) is 0 Å². The first-order chi connectivity index (χ1) is 25.5. The molecule has 4 N–H and O–H groups in total. The highest BCUT2D eigenvalue weighted by Gasteiger charge is 2.59. The van der Waals surface area contributed by atoms with Crippen LogP contribution in [0.2, 0.25) is 0 Å². The quantitative estimate of drug-likeness (QED) is 0.244. The van der Waals surface area contributed by atoms with E-state index in [-0.39, 0.29) is 24.0 Å². The summed E-state index contributed by atoms with van der Waals surface area (Å²) in [7, 11) is 1.18. The predicted octanol–water partition coefficient (Wildman–Crippen LogP) is 4.26. The van der Waals surface area contributed by atoms with Crippen LogP contribution in [0.4, 0.5) is 30.7 Å². The van der Waals surface area contributed by atoms with Crippen molar-refractivity contribution in [2.45, 2.75) is 119 Å². The highest BCUT2D eigenvalue weighted by molar-refractivity contribution is 5.78. The van der Waals surface area contributed by atoms with Crippen LogP contribution in [0.3, 0.4) is 0 Å². The number of carbonyl (C=O) groups excluding carboxylic acids is 2. The molecular formula is C35H39F7N2O11. The van der Waals surface area contributed by atoms with Crippen LogP contribution in [-0.2, 0) is 47.5 Å². The Hall–Kier alpha value is -3.92. The number of carboxylic acids is 1. The summed E-state index contributed by atoms with van der Waals surface area (Å²) in [5.74, 6) is -9.47. The van der Waals surface area contributed by atoms with E-state index in [4.69, 9.17) is 48.8 Å². The fraction of sp³-hybridized carbons (Fsp3) is 0.571. The Morgan fingerprint density at radius 1 is 0.782 bits per heavy atom. The molecule has 2 aromatic carbocycles. The molecule has 304 valence electrons. The Balaban J connectivity index is 0.000000757. The van der Waals surface area contributed by atoms with E-state index in [1.54, 1.807) is 27.7 Å². The maximum atomic E-state index is 14.9. The molecule has 0 radical (unpaired) electrons. The lowest BCUT2D eigenvalue weighted by Gasteiger charge is -2.30. The summed E-state index contributed by atoms with van der Waals surface area (Å²) in [4.78, 5) is 35.0. The molecule has 1 amide bonds. The summed E-state index contributed by atoms with van der Waals surface area (Å²) in [5.41, 5.74) is 6.58. The minimum atomic E-state index is -5.08. The monoisotopic (exact) mass is 796 g/mol. The number of rotatable bonds is 9. The van der Waals surface area contributed by atoms with Crippen molar-refractivity contribution in [2.75, 3.05) is 7.11 Å². The van der Waals surface area contributed by atoms with Gasteiger partial charge in [-0.15, -0.1) is 0 Å². The number of amides is 1. The summed E-state index contributed by atoms with van der Waals surface area (Å²) in [5, 5.41) is 9.91. The number of hydrogen-bond donors (Lipinski definition) is 3. The van der Waals surface area contributed by atoms with Gasteiger partial charge in [-0.1, -0.05) is 12.1 Å². The van der Waals surface area contributed by atoms with Crippen molar-refractivity contribution < 1.29 is 83.4 Å². The zero-order valence-electron chi connectivity index (χ0n) is 29.9. The Labute approximate surface area is 309 Å². The van der Waals surface area contributed by atoms with Crippen molar-refractivity contribution in [1.82, 2.24) is 5.32 Å². The lowest BCUT2D eigenvalue weighted by Crippen LogP contribution is -2.52. The van der Waals surface area contributed by atoms with E-state index in [0.29, 0.717) is 0 Å². The number of nitrogens with one attached hydrogen (secondary N) is 1. The van der Waals surface area contributed by atoms with Gasteiger partial charge in [0.25, 0.3) is 0 Å². The second-order valence-corrected chi connectivity index (χ2v) is 14.1.